The molecule has 0 unspecified atom stereocenters. The van der Waals surface area contributed by atoms with Crippen LogP contribution in [0.15, 0.2) is 74.3 Å². The fraction of sp³-hybridized carbons (Fsp3) is 0.0476. The van der Waals surface area contributed by atoms with E-state index in [1.807, 2.05) is 18.2 Å². The van der Waals surface area contributed by atoms with Gasteiger partial charge in [0.05, 0.1) is 5.39 Å². The molecule has 7 heteroatoms. The molecular weight excluding hydrogens is 384 g/mol. The van der Waals surface area contributed by atoms with Crippen molar-refractivity contribution >= 4 is 28.5 Å². The fourth-order valence-electron chi connectivity index (χ4n) is 2.77. The summed E-state index contributed by atoms with van der Waals surface area (Å²) in [5.41, 5.74) is 0.663. The van der Waals surface area contributed by atoms with Crippen LogP contribution >= 0.6 is 11.6 Å². The molecule has 0 aliphatic carbocycles. The van der Waals surface area contributed by atoms with Gasteiger partial charge in [0.2, 0.25) is 16.9 Å². The minimum atomic E-state index is -1.18. The zero-order valence-electron chi connectivity index (χ0n) is 14.3. The lowest BCUT2D eigenvalue weighted by atomic mass is 10.1. The average molecular weight is 397 g/mol. The van der Waals surface area contributed by atoms with E-state index in [1.165, 1.54) is 18.2 Å². The van der Waals surface area contributed by atoms with Gasteiger partial charge in [-0.1, -0.05) is 41.9 Å². The van der Waals surface area contributed by atoms with Gasteiger partial charge >= 0.3 is 5.97 Å². The Morgan fingerprint density at radius 2 is 1.82 bits per heavy atom. The molecule has 140 valence electrons. The summed E-state index contributed by atoms with van der Waals surface area (Å²) in [6, 6.07) is 16.6. The zero-order valence-corrected chi connectivity index (χ0v) is 15.1. The van der Waals surface area contributed by atoms with Gasteiger partial charge in [-0.05, 0) is 30.3 Å². The Morgan fingerprint density at radius 1 is 1.04 bits per heavy atom. The van der Waals surface area contributed by atoms with E-state index in [4.69, 9.17) is 30.3 Å². The number of ether oxygens (including phenoxy) is 1. The van der Waals surface area contributed by atoms with Gasteiger partial charge in [-0.25, -0.2) is 4.79 Å². The second-order valence-electron chi connectivity index (χ2n) is 5.96. The Bertz CT molecular complexity index is 1220. The molecule has 2 aromatic carbocycles. The molecule has 6 nitrogen and oxygen atoms in total. The summed E-state index contributed by atoms with van der Waals surface area (Å²) < 4.78 is 16.8. The van der Waals surface area contributed by atoms with Crippen LogP contribution in [0.1, 0.15) is 16.3 Å². The summed E-state index contributed by atoms with van der Waals surface area (Å²) in [4.78, 5) is 24.0. The number of fused-ring (bicyclic) bond motifs is 1. The van der Waals surface area contributed by atoms with Gasteiger partial charge in [0.25, 0.3) is 0 Å². The molecule has 2 aromatic heterocycles. The van der Waals surface area contributed by atoms with Crippen molar-refractivity contribution in [1.82, 2.24) is 0 Å². The van der Waals surface area contributed by atoms with Crippen molar-refractivity contribution in [3.05, 3.63) is 87.4 Å². The summed E-state index contributed by atoms with van der Waals surface area (Å²) in [5, 5.41) is 9.64. The zero-order chi connectivity index (χ0) is 19.7. The quantitative estimate of drug-likeness (QED) is 0.511. The molecule has 0 amide bonds. The Kier molecular flexibility index (Phi) is 4.63. The number of carboxylic acids is 1. The van der Waals surface area contributed by atoms with Crippen LogP contribution in [0.2, 0.25) is 5.02 Å². The number of furan rings is 1. The van der Waals surface area contributed by atoms with Crippen LogP contribution in [0.4, 0.5) is 0 Å². The van der Waals surface area contributed by atoms with Crippen LogP contribution in [0.5, 0.6) is 5.75 Å². The smallest absolute Gasteiger partial charge is 0.371 e. The third-order valence-corrected chi connectivity index (χ3v) is 4.31. The van der Waals surface area contributed by atoms with Crippen LogP contribution in [0, 0.1) is 0 Å². The third-order valence-electron chi connectivity index (χ3n) is 4.08. The monoisotopic (exact) mass is 396 g/mol. The first-order valence-electron chi connectivity index (χ1n) is 8.29. The number of aromatic carboxylic acids is 1. The molecule has 4 rings (SSSR count). The first kappa shape index (κ1) is 17.9. The van der Waals surface area contributed by atoms with Crippen molar-refractivity contribution in [2.45, 2.75) is 6.61 Å². The highest BCUT2D eigenvalue weighted by Crippen LogP contribution is 2.32. The molecule has 0 bridgehead atoms. The maximum Gasteiger partial charge on any atom is 0.371 e. The van der Waals surface area contributed by atoms with Crippen LogP contribution in [-0.4, -0.2) is 11.1 Å². The summed E-state index contributed by atoms with van der Waals surface area (Å²) in [6.45, 7) is -0.135. The molecule has 2 heterocycles. The van der Waals surface area contributed by atoms with E-state index in [0.29, 0.717) is 16.2 Å². The topological polar surface area (TPSA) is 89.9 Å². The van der Waals surface area contributed by atoms with Crippen LogP contribution in [0.25, 0.3) is 22.3 Å². The second-order valence-corrected chi connectivity index (χ2v) is 6.39. The molecular formula is C21H13ClO6. The summed E-state index contributed by atoms with van der Waals surface area (Å²) in [7, 11) is 0. The Hall–Kier alpha value is -3.51. The van der Waals surface area contributed by atoms with Gasteiger partial charge in [0.1, 0.15) is 18.0 Å². The standard InChI is InChI=1S/C21H13ClO6/c22-13-6-8-16-15(10-13)18(23)20(19(28-16)12-4-2-1-3-5-12)26-11-14-7-9-17(27-14)21(24)25/h1-10H,11H2,(H,24,25). The number of hydrogen-bond acceptors (Lipinski definition) is 5. The first-order valence-corrected chi connectivity index (χ1v) is 8.67. The number of carboxylic acid groups (broad SMARTS) is 1. The Labute approximate surface area is 163 Å². The highest BCUT2D eigenvalue weighted by atomic mass is 35.5. The van der Waals surface area contributed by atoms with Crippen molar-refractivity contribution in [3.63, 3.8) is 0 Å². The largest absolute Gasteiger partial charge is 0.478 e. The predicted molar refractivity (Wildman–Crippen MR) is 103 cm³/mol. The van der Waals surface area contributed by atoms with Gasteiger partial charge in [-0.2, -0.15) is 0 Å². The van der Waals surface area contributed by atoms with Crippen LogP contribution in [-0.2, 0) is 6.61 Å². The van der Waals surface area contributed by atoms with Crippen LogP contribution in [0.3, 0.4) is 0 Å². The maximum atomic E-state index is 13.0. The van der Waals surface area contributed by atoms with Gasteiger partial charge in [-0.3, -0.25) is 4.79 Å². The minimum Gasteiger partial charge on any atom is -0.478 e. The molecule has 0 saturated carbocycles. The molecule has 0 aliphatic rings. The molecule has 28 heavy (non-hydrogen) atoms. The number of carbonyl (C=O) groups is 1. The SMILES string of the molecule is O=C(O)c1ccc(COc2c(-c3ccccc3)oc3ccc(Cl)cc3c2=O)o1. The molecule has 1 N–H and O–H groups in total. The van der Waals surface area contributed by atoms with Crippen molar-refractivity contribution in [2.75, 3.05) is 0 Å². The van der Waals surface area contributed by atoms with E-state index in [-0.39, 0.29) is 40.5 Å². The number of rotatable bonds is 5. The number of halogens is 1. The summed E-state index contributed by atoms with van der Waals surface area (Å²) in [5.74, 6) is -0.864. The van der Waals surface area contributed by atoms with Crippen molar-refractivity contribution < 1.29 is 23.5 Å². The van der Waals surface area contributed by atoms with Crippen molar-refractivity contribution in [3.8, 4) is 17.1 Å². The average Bonchev–Trinajstić information content (AvgIpc) is 3.18. The third kappa shape index (κ3) is 3.37. The summed E-state index contributed by atoms with van der Waals surface area (Å²) >= 11 is 6.01. The van der Waals surface area contributed by atoms with Crippen molar-refractivity contribution in [2.24, 2.45) is 0 Å². The van der Waals surface area contributed by atoms with Crippen molar-refractivity contribution in [1.29, 1.82) is 0 Å². The lowest BCUT2D eigenvalue weighted by Crippen LogP contribution is -2.10. The Morgan fingerprint density at radius 3 is 2.54 bits per heavy atom. The van der Waals surface area contributed by atoms with Crippen LogP contribution < -0.4 is 10.2 Å². The lowest BCUT2D eigenvalue weighted by Gasteiger charge is -2.11. The molecule has 0 saturated heterocycles. The normalized spacial score (nSPS) is 10.9. The second kappa shape index (κ2) is 7.25. The van der Waals surface area contributed by atoms with E-state index in [2.05, 4.69) is 0 Å². The molecule has 0 radical (unpaired) electrons. The van der Waals surface area contributed by atoms with Gasteiger partial charge in [0.15, 0.2) is 5.76 Å². The van der Waals surface area contributed by atoms with Gasteiger partial charge in [-0.15, -0.1) is 0 Å². The maximum absolute atomic E-state index is 13.0. The molecule has 0 aliphatic heterocycles. The number of hydrogen-bond donors (Lipinski definition) is 1. The highest BCUT2D eigenvalue weighted by molar-refractivity contribution is 6.31. The van der Waals surface area contributed by atoms with E-state index in [0.717, 1.165) is 0 Å². The molecule has 4 aromatic rings. The lowest BCUT2D eigenvalue weighted by molar-refractivity contribution is 0.0658. The summed E-state index contributed by atoms with van der Waals surface area (Å²) in [6.07, 6.45) is 0. The predicted octanol–water partition coefficient (Wildman–Crippen LogP) is 4.98. The molecule has 0 fully saturated rings. The van der Waals surface area contributed by atoms with E-state index in [9.17, 15) is 9.59 Å². The van der Waals surface area contributed by atoms with Gasteiger partial charge < -0.3 is 18.7 Å². The van der Waals surface area contributed by atoms with E-state index in [1.54, 1.807) is 24.3 Å². The Balaban J connectivity index is 1.81. The van der Waals surface area contributed by atoms with E-state index < -0.39 is 5.97 Å². The highest BCUT2D eigenvalue weighted by Gasteiger charge is 2.19. The minimum absolute atomic E-state index is 0.00533. The number of benzene rings is 2. The fourth-order valence-corrected chi connectivity index (χ4v) is 2.95. The van der Waals surface area contributed by atoms with Gasteiger partial charge in [0, 0.05) is 10.6 Å². The molecule has 0 spiro atoms. The molecule has 0 atom stereocenters. The first-order chi connectivity index (χ1) is 13.5. The van der Waals surface area contributed by atoms with E-state index >= 15 is 0 Å².